The summed E-state index contributed by atoms with van der Waals surface area (Å²) in [5.74, 6) is 0.980. The summed E-state index contributed by atoms with van der Waals surface area (Å²) < 4.78 is 5.15. The van der Waals surface area contributed by atoms with Crippen molar-refractivity contribution in [3.8, 4) is 0 Å². The third-order valence-electron chi connectivity index (χ3n) is 5.28. The molecule has 0 spiro atoms. The van der Waals surface area contributed by atoms with Crippen molar-refractivity contribution < 1.29 is 9.53 Å². The lowest BCUT2D eigenvalue weighted by atomic mass is 9.97. The number of guanidine groups is 1. The van der Waals surface area contributed by atoms with Gasteiger partial charge in [-0.25, -0.2) is 0 Å². The van der Waals surface area contributed by atoms with Gasteiger partial charge in [-0.1, -0.05) is 13.3 Å². The van der Waals surface area contributed by atoms with E-state index < -0.39 is 0 Å². The van der Waals surface area contributed by atoms with Crippen molar-refractivity contribution in [3.05, 3.63) is 0 Å². The third kappa shape index (κ3) is 6.58. The monoisotopic (exact) mass is 466 g/mol. The van der Waals surface area contributed by atoms with E-state index in [1.54, 1.807) is 0 Å². The Morgan fingerprint density at radius 3 is 2.48 bits per heavy atom. The Hall–Kier alpha value is -0.570. The smallest absolute Gasteiger partial charge is 0.309 e. The molecule has 6 nitrogen and oxygen atoms in total. The molecule has 2 saturated heterocycles. The minimum Gasteiger partial charge on any atom is -0.466 e. The average Bonchev–Trinajstić information content (AvgIpc) is 2.63. The minimum absolute atomic E-state index is 0. The SMILES string of the molecule is CCOC(=O)C1CCN(C(=NC)NCC2CCCCN2CC)CC1.I. The summed E-state index contributed by atoms with van der Waals surface area (Å²) in [6.07, 6.45) is 5.61. The number of carbonyl (C=O) groups is 1. The quantitative estimate of drug-likeness (QED) is 0.292. The second kappa shape index (κ2) is 11.9. The molecule has 0 aromatic carbocycles. The van der Waals surface area contributed by atoms with Gasteiger partial charge >= 0.3 is 5.97 Å². The number of nitrogens with zero attached hydrogens (tertiary/aromatic N) is 3. The molecular formula is C18H35IN4O2. The maximum atomic E-state index is 11.9. The molecule has 1 unspecified atom stereocenters. The number of nitrogens with one attached hydrogen (secondary N) is 1. The Bertz CT molecular complexity index is 425. The van der Waals surface area contributed by atoms with Crippen LogP contribution in [0.4, 0.5) is 0 Å². The Balaban J connectivity index is 0.00000312. The standard InChI is InChI=1S/C18H34N4O2.HI/c1-4-21-11-7-6-8-16(21)14-20-18(19-3)22-12-9-15(10-13-22)17(23)24-5-2;/h15-16H,4-14H2,1-3H3,(H,19,20);1H. The van der Waals surface area contributed by atoms with Crippen LogP contribution in [0.1, 0.15) is 46.0 Å². The van der Waals surface area contributed by atoms with E-state index in [0.717, 1.165) is 45.0 Å². The highest BCUT2D eigenvalue weighted by Crippen LogP contribution is 2.19. The van der Waals surface area contributed by atoms with Crippen LogP contribution in [-0.4, -0.2) is 74.1 Å². The number of likely N-dealkylation sites (tertiary alicyclic amines) is 2. The molecule has 2 fully saturated rings. The number of ether oxygens (including phenoxy) is 1. The highest BCUT2D eigenvalue weighted by atomic mass is 127. The molecule has 2 aliphatic heterocycles. The van der Waals surface area contributed by atoms with Gasteiger partial charge in [-0.15, -0.1) is 24.0 Å². The fourth-order valence-electron chi connectivity index (χ4n) is 3.84. The van der Waals surface area contributed by atoms with Crippen LogP contribution in [0.5, 0.6) is 0 Å². The minimum atomic E-state index is -0.0408. The number of esters is 1. The van der Waals surface area contributed by atoms with Crippen LogP contribution in [0.15, 0.2) is 4.99 Å². The molecule has 0 aliphatic carbocycles. The summed E-state index contributed by atoms with van der Waals surface area (Å²) in [5, 5.41) is 3.56. The predicted molar refractivity (Wildman–Crippen MR) is 113 cm³/mol. The van der Waals surface area contributed by atoms with Crippen molar-refractivity contribution in [1.82, 2.24) is 15.1 Å². The molecule has 0 aromatic rings. The summed E-state index contributed by atoms with van der Waals surface area (Å²) in [5.41, 5.74) is 0. The molecule has 0 aromatic heterocycles. The van der Waals surface area contributed by atoms with Gasteiger partial charge in [0.1, 0.15) is 0 Å². The largest absolute Gasteiger partial charge is 0.466 e. The molecule has 0 saturated carbocycles. The van der Waals surface area contributed by atoms with Gasteiger partial charge in [-0.05, 0) is 45.7 Å². The Morgan fingerprint density at radius 1 is 1.16 bits per heavy atom. The molecule has 146 valence electrons. The van der Waals surface area contributed by atoms with Crippen LogP contribution in [-0.2, 0) is 9.53 Å². The van der Waals surface area contributed by atoms with E-state index in [9.17, 15) is 4.79 Å². The molecule has 1 N–H and O–H groups in total. The van der Waals surface area contributed by atoms with Gasteiger partial charge in [0, 0.05) is 32.7 Å². The Labute approximate surface area is 169 Å². The third-order valence-corrected chi connectivity index (χ3v) is 5.28. The molecule has 0 radical (unpaired) electrons. The van der Waals surface area contributed by atoms with E-state index in [1.165, 1.54) is 25.8 Å². The topological polar surface area (TPSA) is 57.2 Å². The van der Waals surface area contributed by atoms with Crippen LogP contribution in [0.3, 0.4) is 0 Å². The number of rotatable bonds is 5. The molecule has 25 heavy (non-hydrogen) atoms. The number of aliphatic imine (C=N–C) groups is 1. The lowest BCUT2D eigenvalue weighted by Gasteiger charge is -2.37. The van der Waals surface area contributed by atoms with Gasteiger partial charge in [0.15, 0.2) is 5.96 Å². The number of halogens is 1. The summed E-state index contributed by atoms with van der Waals surface area (Å²) in [6, 6.07) is 0.609. The van der Waals surface area contributed by atoms with Gasteiger partial charge in [-0.3, -0.25) is 14.7 Å². The molecule has 7 heteroatoms. The zero-order valence-corrected chi connectivity index (χ0v) is 18.3. The first-order chi connectivity index (χ1) is 11.7. The van der Waals surface area contributed by atoms with Crippen molar-refractivity contribution in [2.45, 2.75) is 52.0 Å². The molecule has 1 atom stereocenters. The van der Waals surface area contributed by atoms with Gasteiger partial charge in [0.05, 0.1) is 12.5 Å². The van der Waals surface area contributed by atoms with Crippen LogP contribution >= 0.6 is 24.0 Å². The number of hydrogen-bond acceptors (Lipinski definition) is 4. The highest BCUT2D eigenvalue weighted by Gasteiger charge is 2.28. The van der Waals surface area contributed by atoms with Crippen LogP contribution in [0.2, 0.25) is 0 Å². The van der Waals surface area contributed by atoms with Crippen LogP contribution in [0, 0.1) is 5.92 Å². The summed E-state index contributed by atoms with van der Waals surface area (Å²) in [6.45, 7) is 9.60. The fourth-order valence-corrected chi connectivity index (χ4v) is 3.84. The molecule has 2 heterocycles. The number of piperidine rings is 2. The Morgan fingerprint density at radius 2 is 1.88 bits per heavy atom. The zero-order chi connectivity index (χ0) is 17.4. The van der Waals surface area contributed by atoms with E-state index >= 15 is 0 Å². The molecule has 2 aliphatic rings. The second-order valence-corrected chi connectivity index (χ2v) is 6.72. The molecule has 2 rings (SSSR count). The van der Waals surface area contributed by atoms with Crippen LogP contribution in [0.25, 0.3) is 0 Å². The predicted octanol–water partition coefficient (Wildman–Crippen LogP) is 2.33. The van der Waals surface area contributed by atoms with Crippen molar-refractivity contribution in [2.75, 3.05) is 46.4 Å². The number of likely N-dealkylation sites (N-methyl/N-ethyl adjacent to an activating group) is 1. The van der Waals surface area contributed by atoms with Gasteiger partial charge < -0.3 is 15.0 Å². The first-order valence-electron chi connectivity index (χ1n) is 9.55. The van der Waals surface area contributed by atoms with Gasteiger partial charge in [0.2, 0.25) is 0 Å². The van der Waals surface area contributed by atoms with Crippen molar-refractivity contribution in [1.29, 1.82) is 0 Å². The molecule has 0 amide bonds. The zero-order valence-electron chi connectivity index (χ0n) is 16.0. The molecular weight excluding hydrogens is 431 g/mol. The van der Waals surface area contributed by atoms with E-state index in [4.69, 9.17) is 4.74 Å². The maximum absolute atomic E-state index is 11.9. The van der Waals surface area contributed by atoms with E-state index in [1.807, 2.05) is 14.0 Å². The second-order valence-electron chi connectivity index (χ2n) is 6.72. The first kappa shape index (κ1) is 22.5. The maximum Gasteiger partial charge on any atom is 0.309 e. The van der Waals surface area contributed by atoms with Crippen molar-refractivity contribution >= 4 is 35.9 Å². The normalized spacial score (nSPS) is 23.1. The van der Waals surface area contributed by atoms with Gasteiger partial charge in [0.25, 0.3) is 0 Å². The summed E-state index contributed by atoms with van der Waals surface area (Å²) in [4.78, 5) is 21.1. The van der Waals surface area contributed by atoms with Gasteiger partial charge in [-0.2, -0.15) is 0 Å². The first-order valence-corrected chi connectivity index (χ1v) is 9.55. The van der Waals surface area contributed by atoms with E-state index in [2.05, 4.69) is 27.0 Å². The van der Waals surface area contributed by atoms with Crippen molar-refractivity contribution in [3.63, 3.8) is 0 Å². The van der Waals surface area contributed by atoms with Crippen LogP contribution < -0.4 is 5.32 Å². The Kier molecular flexibility index (Phi) is 10.7. The summed E-state index contributed by atoms with van der Waals surface area (Å²) in [7, 11) is 1.85. The number of carbonyl (C=O) groups excluding carboxylic acids is 1. The average molecular weight is 466 g/mol. The van der Waals surface area contributed by atoms with E-state index in [-0.39, 0.29) is 35.9 Å². The number of hydrogen-bond donors (Lipinski definition) is 1. The highest BCUT2D eigenvalue weighted by molar-refractivity contribution is 14.0. The lowest BCUT2D eigenvalue weighted by Crippen LogP contribution is -2.51. The molecule has 0 bridgehead atoms. The lowest BCUT2D eigenvalue weighted by molar-refractivity contribution is -0.149. The summed E-state index contributed by atoms with van der Waals surface area (Å²) >= 11 is 0. The fraction of sp³-hybridized carbons (Fsp3) is 0.889. The van der Waals surface area contributed by atoms with Crippen molar-refractivity contribution in [2.24, 2.45) is 10.9 Å². The van der Waals surface area contributed by atoms with E-state index in [0.29, 0.717) is 12.6 Å².